The Labute approximate surface area is 82.8 Å². The van der Waals surface area contributed by atoms with Gasteiger partial charge in [-0.25, -0.2) is 0 Å². The minimum absolute atomic E-state index is 0.657. The van der Waals surface area contributed by atoms with Gasteiger partial charge in [-0.05, 0) is 18.9 Å². The van der Waals surface area contributed by atoms with Gasteiger partial charge in [0.1, 0.15) is 5.69 Å². The van der Waals surface area contributed by atoms with Crippen molar-refractivity contribution in [2.75, 3.05) is 14.2 Å². The second-order valence-corrected chi connectivity index (χ2v) is 3.49. The van der Waals surface area contributed by atoms with Gasteiger partial charge in [0.05, 0.1) is 7.11 Å². The van der Waals surface area contributed by atoms with E-state index in [-0.39, 0.29) is 0 Å². The molecule has 0 radical (unpaired) electrons. The number of aliphatic hydroxyl groups is 1. The Kier molecular flexibility index (Phi) is 2.54. The lowest BCUT2D eigenvalue weighted by Crippen LogP contribution is -2.23. The van der Waals surface area contributed by atoms with Crippen LogP contribution in [0.5, 0.6) is 0 Å². The van der Waals surface area contributed by atoms with Crippen molar-refractivity contribution in [1.29, 1.82) is 0 Å². The van der Waals surface area contributed by atoms with Crippen molar-refractivity contribution in [3.05, 3.63) is 17.5 Å². The first-order valence-corrected chi connectivity index (χ1v) is 4.74. The lowest BCUT2D eigenvalue weighted by Gasteiger charge is -2.18. The molecule has 0 spiro atoms. The Morgan fingerprint density at radius 3 is 3.14 bits per heavy atom. The third-order valence-electron chi connectivity index (χ3n) is 2.58. The number of hydroxylamine groups is 2. The monoisotopic (exact) mass is 197 g/mol. The number of hydrogen-bond donors (Lipinski definition) is 1. The van der Waals surface area contributed by atoms with Gasteiger partial charge < -0.3 is 5.11 Å². The number of nitrogens with zero attached hydrogens (tertiary/aromatic N) is 3. The van der Waals surface area contributed by atoms with E-state index >= 15 is 0 Å². The van der Waals surface area contributed by atoms with Crippen LogP contribution in [-0.4, -0.2) is 34.1 Å². The predicted octanol–water partition coefficient (Wildman–Crippen LogP) is 0.313. The Bertz CT molecular complexity index is 302. The maximum Gasteiger partial charge on any atom is 0.174 e. The molecule has 1 aromatic heterocycles. The van der Waals surface area contributed by atoms with Crippen LogP contribution in [0, 0.1) is 0 Å². The van der Waals surface area contributed by atoms with Gasteiger partial charge >= 0.3 is 0 Å². The van der Waals surface area contributed by atoms with Gasteiger partial charge in [0, 0.05) is 19.3 Å². The first-order valence-electron chi connectivity index (χ1n) is 4.74. The predicted molar refractivity (Wildman–Crippen MR) is 50.3 cm³/mol. The molecule has 0 saturated carbocycles. The second kappa shape index (κ2) is 3.68. The SMILES string of the molecule is CON(C)C(O)c1cc2n(n1)CCC2. The zero-order valence-electron chi connectivity index (χ0n) is 8.47. The summed E-state index contributed by atoms with van der Waals surface area (Å²) in [6, 6.07) is 1.94. The van der Waals surface area contributed by atoms with Crippen LogP contribution in [0.1, 0.15) is 24.0 Å². The summed E-state index contributed by atoms with van der Waals surface area (Å²) in [7, 11) is 3.20. The van der Waals surface area contributed by atoms with E-state index in [0.29, 0.717) is 5.69 Å². The zero-order valence-corrected chi connectivity index (χ0v) is 8.47. The van der Waals surface area contributed by atoms with Gasteiger partial charge in [-0.15, -0.1) is 0 Å². The highest BCUT2D eigenvalue weighted by molar-refractivity contribution is 5.14. The Balaban J connectivity index is 2.17. The van der Waals surface area contributed by atoms with Crippen molar-refractivity contribution in [1.82, 2.24) is 14.8 Å². The molecule has 5 nitrogen and oxygen atoms in total. The molecule has 1 aliphatic rings. The normalized spacial score (nSPS) is 17.4. The van der Waals surface area contributed by atoms with Crippen molar-refractivity contribution >= 4 is 0 Å². The van der Waals surface area contributed by atoms with Crippen molar-refractivity contribution in [2.24, 2.45) is 0 Å². The van der Waals surface area contributed by atoms with E-state index in [9.17, 15) is 5.11 Å². The molecule has 1 unspecified atom stereocenters. The molecular formula is C9H15N3O2. The standard InChI is InChI=1S/C9H15N3O2/c1-11(14-2)9(13)8-6-7-4-3-5-12(7)10-8/h6,9,13H,3-5H2,1-2H3. The molecule has 14 heavy (non-hydrogen) atoms. The summed E-state index contributed by atoms with van der Waals surface area (Å²) in [5.74, 6) is 0. The molecule has 0 aromatic carbocycles. The maximum atomic E-state index is 9.77. The van der Waals surface area contributed by atoms with Gasteiger partial charge in [0.2, 0.25) is 0 Å². The molecule has 0 saturated heterocycles. The molecular weight excluding hydrogens is 182 g/mol. The van der Waals surface area contributed by atoms with Crippen LogP contribution in [0.15, 0.2) is 6.07 Å². The lowest BCUT2D eigenvalue weighted by atomic mass is 10.2. The number of fused-ring (bicyclic) bond motifs is 1. The first-order chi connectivity index (χ1) is 6.72. The van der Waals surface area contributed by atoms with Gasteiger partial charge in [-0.3, -0.25) is 9.52 Å². The molecule has 1 N–H and O–H groups in total. The Morgan fingerprint density at radius 2 is 2.50 bits per heavy atom. The molecule has 1 aliphatic heterocycles. The van der Waals surface area contributed by atoms with Crippen molar-refractivity contribution in [3.63, 3.8) is 0 Å². The Morgan fingerprint density at radius 1 is 1.71 bits per heavy atom. The summed E-state index contributed by atoms with van der Waals surface area (Å²) < 4.78 is 1.95. The summed E-state index contributed by atoms with van der Waals surface area (Å²) in [4.78, 5) is 4.90. The van der Waals surface area contributed by atoms with Crippen LogP contribution >= 0.6 is 0 Å². The molecule has 0 fully saturated rings. The number of hydrogen-bond acceptors (Lipinski definition) is 4. The minimum Gasteiger partial charge on any atom is -0.371 e. The fourth-order valence-electron chi connectivity index (χ4n) is 1.69. The van der Waals surface area contributed by atoms with Gasteiger partial charge in [0.15, 0.2) is 6.23 Å². The van der Waals surface area contributed by atoms with Crippen molar-refractivity contribution in [2.45, 2.75) is 25.6 Å². The summed E-state index contributed by atoms with van der Waals surface area (Å²) >= 11 is 0. The van der Waals surface area contributed by atoms with Crippen molar-refractivity contribution in [3.8, 4) is 0 Å². The lowest BCUT2D eigenvalue weighted by molar-refractivity contribution is -0.207. The Hall–Kier alpha value is -0.910. The van der Waals surface area contributed by atoms with E-state index in [2.05, 4.69) is 5.10 Å². The first kappa shape index (κ1) is 9.64. The molecule has 0 bridgehead atoms. The van der Waals surface area contributed by atoms with Gasteiger partial charge in [-0.1, -0.05) is 0 Å². The van der Waals surface area contributed by atoms with E-state index in [1.807, 2.05) is 10.7 Å². The molecule has 1 atom stereocenters. The largest absolute Gasteiger partial charge is 0.371 e. The van der Waals surface area contributed by atoms with Crippen LogP contribution in [0.25, 0.3) is 0 Å². The molecule has 2 rings (SSSR count). The third-order valence-corrected chi connectivity index (χ3v) is 2.58. The second-order valence-electron chi connectivity index (χ2n) is 3.49. The van der Waals surface area contributed by atoms with E-state index in [4.69, 9.17) is 4.84 Å². The van der Waals surface area contributed by atoms with Crippen LogP contribution in [-0.2, 0) is 17.8 Å². The van der Waals surface area contributed by atoms with Crippen LogP contribution < -0.4 is 0 Å². The maximum absolute atomic E-state index is 9.77. The molecule has 0 amide bonds. The van der Waals surface area contributed by atoms with Crippen LogP contribution in [0.3, 0.4) is 0 Å². The van der Waals surface area contributed by atoms with E-state index in [1.165, 1.54) is 17.9 Å². The number of rotatable bonds is 3. The van der Waals surface area contributed by atoms with Crippen LogP contribution in [0.2, 0.25) is 0 Å². The van der Waals surface area contributed by atoms with Crippen molar-refractivity contribution < 1.29 is 9.94 Å². The average Bonchev–Trinajstić information content (AvgIpc) is 2.74. The van der Waals surface area contributed by atoms with E-state index in [0.717, 1.165) is 19.4 Å². The molecule has 78 valence electrons. The average molecular weight is 197 g/mol. The highest BCUT2D eigenvalue weighted by atomic mass is 16.7. The number of aliphatic hydroxyl groups excluding tert-OH is 1. The highest BCUT2D eigenvalue weighted by Gasteiger charge is 2.20. The fraction of sp³-hybridized carbons (Fsp3) is 0.667. The molecule has 2 heterocycles. The number of aromatic nitrogens is 2. The summed E-state index contributed by atoms with van der Waals surface area (Å²) in [6.07, 6.45) is 1.42. The van der Waals surface area contributed by atoms with Gasteiger partial charge in [-0.2, -0.15) is 10.2 Å². The minimum atomic E-state index is -0.780. The topological polar surface area (TPSA) is 50.5 Å². The number of aryl methyl sites for hydroxylation is 2. The van der Waals surface area contributed by atoms with Gasteiger partial charge in [0.25, 0.3) is 0 Å². The smallest absolute Gasteiger partial charge is 0.174 e. The van der Waals surface area contributed by atoms with E-state index in [1.54, 1.807) is 7.05 Å². The highest BCUT2D eigenvalue weighted by Crippen LogP contribution is 2.20. The molecule has 0 aliphatic carbocycles. The fourth-order valence-corrected chi connectivity index (χ4v) is 1.69. The zero-order chi connectivity index (χ0) is 10.1. The summed E-state index contributed by atoms with van der Waals surface area (Å²) in [5, 5.41) is 15.4. The quantitative estimate of drug-likeness (QED) is 0.560. The summed E-state index contributed by atoms with van der Waals surface area (Å²) in [6.45, 7) is 0.957. The molecule has 1 aromatic rings. The molecule has 5 heteroatoms. The van der Waals surface area contributed by atoms with Crippen LogP contribution in [0.4, 0.5) is 0 Å². The summed E-state index contributed by atoms with van der Waals surface area (Å²) in [5.41, 5.74) is 1.85. The van der Waals surface area contributed by atoms with E-state index < -0.39 is 6.23 Å². The third kappa shape index (κ3) is 1.54.